The molecule has 1 unspecified atom stereocenters. The topological polar surface area (TPSA) is 83.5 Å². The van der Waals surface area contributed by atoms with Crippen molar-refractivity contribution in [3.8, 4) is 0 Å². The lowest BCUT2D eigenvalue weighted by molar-refractivity contribution is -0.137. The van der Waals surface area contributed by atoms with Crippen LogP contribution in [0.1, 0.15) is 31.1 Å². The molecule has 0 spiro atoms. The monoisotopic (exact) mass is 449 g/mol. The molecule has 0 fully saturated rings. The second-order valence-corrected chi connectivity index (χ2v) is 9.69. The number of nitrogens with one attached hydrogen (secondary N) is 1. The Kier molecular flexibility index (Phi) is 6.66. The minimum atomic E-state index is -4.73. The van der Waals surface area contributed by atoms with Gasteiger partial charge in [-0.05, 0) is 38.1 Å². The number of halogens is 4. The Hall–Kier alpha value is -2.10. The molecule has 158 valence electrons. The van der Waals surface area contributed by atoms with Crippen LogP contribution >= 0.6 is 11.6 Å². The van der Waals surface area contributed by atoms with E-state index in [1.165, 1.54) is 0 Å². The molecule has 0 saturated carbocycles. The van der Waals surface area contributed by atoms with Crippen LogP contribution < -0.4 is 5.32 Å². The molecule has 2 rings (SSSR count). The Morgan fingerprint density at radius 3 is 2.34 bits per heavy atom. The number of carbonyl (C=O) groups excluding carboxylic acids is 1. The molecular weight excluding hydrogens is 431 g/mol. The molecule has 0 heterocycles. The minimum absolute atomic E-state index is 0.269. The van der Waals surface area contributed by atoms with Crippen molar-refractivity contribution in [2.45, 2.75) is 35.8 Å². The van der Waals surface area contributed by atoms with E-state index in [0.717, 1.165) is 32.0 Å². The Morgan fingerprint density at radius 1 is 1.14 bits per heavy atom. The summed E-state index contributed by atoms with van der Waals surface area (Å²) in [6.07, 6.45) is -5.92. The highest BCUT2D eigenvalue weighted by molar-refractivity contribution is 7.93. The average molecular weight is 450 g/mol. The minimum Gasteiger partial charge on any atom is -0.387 e. The molecular formula is C19H19ClF3NO4S. The fourth-order valence-electron chi connectivity index (χ4n) is 2.51. The maximum absolute atomic E-state index is 12.9. The maximum atomic E-state index is 12.9. The number of alkyl halides is 3. The average Bonchev–Trinajstić information content (AvgIpc) is 2.65. The number of carbonyl (C=O) groups is 1. The van der Waals surface area contributed by atoms with Crippen LogP contribution in [0.25, 0.3) is 0 Å². The summed E-state index contributed by atoms with van der Waals surface area (Å²) < 4.78 is 62.3. The largest absolute Gasteiger partial charge is 0.416 e. The molecule has 0 saturated heterocycles. The highest BCUT2D eigenvalue weighted by Crippen LogP contribution is 2.33. The van der Waals surface area contributed by atoms with Crippen molar-refractivity contribution in [1.29, 1.82) is 0 Å². The number of aliphatic hydroxyl groups is 1. The number of benzene rings is 2. The van der Waals surface area contributed by atoms with Gasteiger partial charge in [0, 0.05) is 17.1 Å². The lowest BCUT2D eigenvalue weighted by Gasteiger charge is -2.25. The number of aliphatic hydroxyl groups excluding tert-OH is 1. The number of sulfone groups is 1. The fraction of sp³-hybridized carbons (Fsp3) is 0.316. The van der Waals surface area contributed by atoms with Crippen molar-refractivity contribution in [3.63, 3.8) is 0 Å². The van der Waals surface area contributed by atoms with E-state index in [9.17, 15) is 31.5 Å². The predicted molar refractivity (Wildman–Crippen MR) is 102 cm³/mol. The molecule has 1 atom stereocenters. The van der Waals surface area contributed by atoms with E-state index >= 15 is 0 Å². The highest BCUT2D eigenvalue weighted by Gasteiger charge is 2.43. The zero-order chi connectivity index (χ0) is 22.0. The standard InChI is InChI=1S/C19H19ClF3NO4S/c1-18(2,17(26)24-11-16(25)14-8-3-4-9-15(14)20)29(27,28)13-7-5-6-12(10-13)19(21,22)23/h3-10,16,25H,11H2,1-2H3,(H,24,26). The molecule has 0 bridgehead atoms. The van der Waals surface area contributed by atoms with Gasteiger partial charge in [-0.2, -0.15) is 13.2 Å². The highest BCUT2D eigenvalue weighted by atomic mass is 35.5. The van der Waals surface area contributed by atoms with Crippen LogP contribution in [-0.2, 0) is 20.8 Å². The Balaban J connectivity index is 2.22. The van der Waals surface area contributed by atoms with E-state index in [1.807, 2.05) is 0 Å². The van der Waals surface area contributed by atoms with E-state index in [2.05, 4.69) is 5.32 Å². The van der Waals surface area contributed by atoms with Gasteiger partial charge in [-0.1, -0.05) is 35.9 Å². The van der Waals surface area contributed by atoms with Crippen LogP contribution in [0.3, 0.4) is 0 Å². The van der Waals surface area contributed by atoms with Crippen molar-refractivity contribution < 1.29 is 31.5 Å². The molecule has 2 N–H and O–H groups in total. The molecule has 2 aromatic rings. The van der Waals surface area contributed by atoms with Crippen molar-refractivity contribution in [2.24, 2.45) is 0 Å². The summed E-state index contributed by atoms with van der Waals surface area (Å²) in [6, 6.07) is 9.57. The van der Waals surface area contributed by atoms with Crippen LogP contribution in [0.2, 0.25) is 5.02 Å². The smallest absolute Gasteiger partial charge is 0.387 e. The predicted octanol–water partition coefficient (Wildman–Crippen LogP) is 3.76. The van der Waals surface area contributed by atoms with Crippen LogP contribution in [0.5, 0.6) is 0 Å². The molecule has 29 heavy (non-hydrogen) atoms. The summed E-state index contributed by atoms with van der Waals surface area (Å²) in [5.41, 5.74) is -0.795. The Bertz CT molecular complexity index is 1010. The summed E-state index contributed by atoms with van der Waals surface area (Å²) in [4.78, 5) is 11.9. The number of rotatable bonds is 6. The first-order valence-electron chi connectivity index (χ1n) is 8.41. The van der Waals surface area contributed by atoms with Gasteiger partial charge < -0.3 is 10.4 Å². The third-order valence-corrected chi connectivity index (χ3v) is 7.16. The van der Waals surface area contributed by atoms with E-state index in [-0.39, 0.29) is 11.6 Å². The van der Waals surface area contributed by atoms with E-state index in [1.54, 1.807) is 24.3 Å². The third kappa shape index (κ3) is 4.91. The van der Waals surface area contributed by atoms with Gasteiger partial charge in [-0.15, -0.1) is 0 Å². The summed E-state index contributed by atoms with van der Waals surface area (Å²) in [7, 11) is -4.46. The first-order valence-corrected chi connectivity index (χ1v) is 10.3. The number of hydrogen-bond donors (Lipinski definition) is 2. The summed E-state index contributed by atoms with van der Waals surface area (Å²) in [5.74, 6) is -0.971. The van der Waals surface area contributed by atoms with Gasteiger partial charge in [-0.25, -0.2) is 8.42 Å². The number of amides is 1. The molecule has 5 nitrogen and oxygen atoms in total. The van der Waals surface area contributed by atoms with Gasteiger partial charge >= 0.3 is 6.18 Å². The van der Waals surface area contributed by atoms with E-state index < -0.39 is 43.2 Å². The van der Waals surface area contributed by atoms with Gasteiger partial charge in [0.25, 0.3) is 0 Å². The molecule has 0 aliphatic heterocycles. The molecule has 0 aromatic heterocycles. The zero-order valence-electron chi connectivity index (χ0n) is 15.5. The lowest BCUT2D eigenvalue weighted by Crippen LogP contribution is -2.49. The van der Waals surface area contributed by atoms with E-state index in [4.69, 9.17) is 11.6 Å². The van der Waals surface area contributed by atoms with Crippen molar-refractivity contribution in [2.75, 3.05) is 6.54 Å². The molecule has 0 radical (unpaired) electrons. The van der Waals surface area contributed by atoms with Gasteiger partial charge in [-0.3, -0.25) is 4.79 Å². The summed E-state index contributed by atoms with van der Waals surface area (Å²) in [6.45, 7) is 1.84. The second kappa shape index (κ2) is 8.33. The SMILES string of the molecule is CC(C)(C(=O)NCC(O)c1ccccc1Cl)S(=O)(=O)c1cccc(C(F)(F)F)c1. The van der Waals surface area contributed by atoms with Crippen LogP contribution in [-0.4, -0.2) is 30.7 Å². The van der Waals surface area contributed by atoms with Crippen LogP contribution in [0.15, 0.2) is 53.4 Å². The van der Waals surface area contributed by atoms with Crippen molar-refractivity contribution in [3.05, 3.63) is 64.7 Å². The zero-order valence-corrected chi connectivity index (χ0v) is 17.1. The Morgan fingerprint density at radius 2 is 1.76 bits per heavy atom. The van der Waals surface area contributed by atoms with Gasteiger partial charge in [0.15, 0.2) is 9.84 Å². The molecule has 2 aromatic carbocycles. The quantitative estimate of drug-likeness (QED) is 0.703. The normalized spacial score (nSPS) is 13.8. The van der Waals surface area contributed by atoms with Crippen molar-refractivity contribution >= 4 is 27.3 Å². The molecule has 1 amide bonds. The Labute approximate surface area is 171 Å². The first kappa shape index (κ1) is 23.2. The van der Waals surface area contributed by atoms with E-state index in [0.29, 0.717) is 11.6 Å². The van der Waals surface area contributed by atoms with Crippen molar-refractivity contribution in [1.82, 2.24) is 5.32 Å². The van der Waals surface area contributed by atoms with Gasteiger partial charge in [0.2, 0.25) is 5.91 Å². The molecule has 0 aliphatic rings. The maximum Gasteiger partial charge on any atom is 0.416 e. The second-order valence-electron chi connectivity index (χ2n) is 6.79. The molecule has 10 heteroatoms. The number of hydrogen-bond acceptors (Lipinski definition) is 4. The first-order chi connectivity index (χ1) is 13.3. The van der Waals surface area contributed by atoms with Crippen LogP contribution in [0, 0.1) is 0 Å². The molecule has 0 aliphatic carbocycles. The van der Waals surface area contributed by atoms with Gasteiger partial charge in [0.1, 0.15) is 4.75 Å². The summed E-state index contributed by atoms with van der Waals surface area (Å²) in [5, 5.41) is 12.8. The third-order valence-electron chi connectivity index (χ3n) is 4.41. The van der Waals surface area contributed by atoms with Crippen LogP contribution in [0.4, 0.5) is 13.2 Å². The lowest BCUT2D eigenvalue weighted by atomic mass is 10.1. The fourth-order valence-corrected chi connectivity index (χ4v) is 4.22. The van der Waals surface area contributed by atoms with Gasteiger partial charge in [0.05, 0.1) is 16.6 Å². The summed E-state index contributed by atoms with van der Waals surface area (Å²) >= 11 is 5.97.